The maximum absolute atomic E-state index is 13.6. The molecular weight excluding hydrogens is 476 g/mol. The van der Waals surface area contributed by atoms with Crippen molar-refractivity contribution in [2.75, 3.05) is 27.9 Å². The Morgan fingerprint density at radius 2 is 1.57 bits per heavy atom. The largest absolute Gasteiger partial charge is 0.508 e. The fraction of sp³-hybridized carbons (Fsp3) is 0.429. The summed E-state index contributed by atoms with van der Waals surface area (Å²) in [6.45, 7) is 4.44. The minimum absolute atomic E-state index is 0.0701. The van der Waals surface area contributed by atoms with Crippen molar-refractivity contribution < 1.29 is 33.7 Å². The normalized spacial score (nSPS) is 12.0. The van der Waals surface area contributed by atoms with E-state index in [1.54, 1.807) is 30.3 Å². The summed E-state index contributed by atoms with van der Waals surface area (Å²) in [6, 6.07) is 8.91. The number of carbonyl (C=O) groups excluding carboxylic acids is 2. The first kappa shape index (κ1) is 29.5. The Morgan fingerprint density at radius 3 is 2.11 bits per heavy atom. The van der Waals surface area contributed by atoms with Crippen LogP contribution in [-0.2, 0) is 14.4 Å². The number of aromatic hydroxyl groups is 1. The lowest BCUT2D eigenvalue weighted by molar-refractivity contribution is -0.137. The van der Waals surface area contributed by atoms with Gasteiger partial charge in [0, 0.05) is 5.57 Å². The number of hydrogen-bond donors (Lipinski definition) is 3. The number of hydroxylamine groups is 1. The monoisotopic (exact) mass is 514 g/mol. The highest BCUT2D eigenvalue weighted by atomic mass is 16.6. The molecule has 2 aromatic carbocycles. The topological polar surface area (TPSA) is 115 Å². The van der Waals surface area contributed by atoms with Crippen LogP contribution in [0.1, 0.15) is 57.1 Å². The second-order valence-corrected chi connectivity index (χ2v) is 8.40. The summed E-state index contributed by atoms with van der Waals surface area (Å²) in [4.78, 5) is 31.6. The standard InChI is InChI=1S/C28H38N2O7/c1-6-8-10-23(28(33)30-37-15-9-7-2)29-27(32)22(20-11-13-21(31)14-12-20)16-19-17-24(34-3)26(36-5)25(18-19)35-4/h11-14,16-18,23,31H,6-10,15H2,1-5H3,(H,29,32)(H,30,33)/b22-16-. The molecule has 37 heavy (non-hydrogen) atoms. The van der Waals surface area contributed by atoms with E-state index in [1.807, 2.05) is 13.8 Å². The van der Waals surface area contributed by atoms with E-state index in [-0.39, 0.29) is 11.3 Å². The number of nitrogens with one attached hydrogen (secondary N) is 2. The van der Waals surface area contributed by atoms with Crippen LogP contribution in [0.3, 0.4) is 0 Å². The molecule has 0 heterocycles. The van der Waals surface area contributed by atoms with Gasteiger partial charge in [0.15, 0.2) is 11.5 Å². The molecule has 9 nitrogen and oxygen atoms in total. The van der Waals surface area contributed by atoms with Gasteiger partial charge in [-0.25, -0.2) is 5.48 Å². The van der Waals surface area contributed by atoms with Crippen molar-refractivity contribution in [3.8, 4) is 23.0 Å². The molecule has 1 atom stereocenters. The Balaban J connectivity index is 2.44. The molecule has 0 aliphatic rings. The van der Waals surface area contributed by atoms with Crippen molar-refractivity contribution in [2.24, 2.45) is 0 Å². The van der Waals surface area contributed by atoms with Gasteiger partial charge in [-0.05, 0) is 54.3 Å². The van der Waals surface area contributed by atoms with Gasteiger partial charge in [-0.15, -0.1) is 0 Å². The van der Waals surface area contributed by atoms with Crippen LogP contribution >= 0.6 is 0 Å². The van der Waals surface area contributed by atoms with Gasteiger partial charge in [0.2, 0.25) is 5.75 Å². The highest BCUT2D eigenvalue weighted by Crippen LogP contribution is 2.39. The Labute approximate surface area is 218 Å². The molecule has 2 rings (SSSR count). The first-order valence-corrected chi connectivity index (χ1v) is 12.4. The maximum atomic E-state index is 13.6. The molecule has 0 saturated heterocycles. The molecule has 0 aliphatic carbocycles. The third kappa shape index (κ3) is 8.71. The molecular formula is C28H38N2O7. The van der Waals surface area contributed by atoms with E-state index in [2.05, 4.69) is 10.8 Å². The van der Waals surface area contributed by atoms with Gasteiger partial charge in [-0.3, -0.25) is 14.4 Å². The minimum atomic E-state index is -0.783. The maximum Gasteiger partial charge on any atom is 0.266 e. The lowest BCUT2D eigenvalue weighted by Gasteiger charge is -2.19. The molecule has 1 unspecified atom stereocenters. The van der Waals surface area contributed by atoms with E-state index in [0.717, 1.165) is 25.7 Å². The molecule has 0 saturated carbocycles. The van der Waals surface area contributed by atoms with E-state index in [9.17, 15) is 14.7 Å². The lowest BCUT2D eigenvalue weighted by Crippen LogP contribution is -2.47. The summed E-state index contributed by atoms with van der Waals surface area (Å²) in [6.07, 6.45) is 5.49. The molecule has 3 N–H and O–H groups in total. The summed E-state index contributed by atoms with van der Waals surface area (Å²) in [5.74, 6) is 0.504. The first-order valence-electron chi connectivity index (χ1n) is 12.4. The number of hydrogen-bond acceptors (Lipinski definition) is 7. The van der Waals surface area contributed by atoms with E-state index in [4.69, 9.17) is 19.0 Å². The third-order valence-corrected chi connectivity index (χ3v) is 5.66. The zero-order valence-electron chi connectivity index (χ0n) is 22.3. The zero-order valence-corrected chi connectivity index (χ0v) is 22.3. The minimum Gasteiger partial charge on any atom is -0.508 e. The fourth-order valence-electron chi connectivity index (χ4n) is 3.60. The number of benzene rings is 2. The smallest absolute Gasteiger partial charge is 0.266 e. The Bertz CT molecular complexity index is 1030. The number of phenolic OH excluding ortho intramolecular Hbond substituents is 1. The summed E-state index contributed by atoms with van der Waals surface area (Å²) in [5, 5.41) is 12.6. The van der Waals surface area contributed by atoms with E-state index in [0.29, 0.717) is 41.4 Å². The second kappa shape index (κ2) is 15.4. The Kier molecular flexibility index (Phi) is 12.3. The summed E-state index contributed by atoms with van der Waals surface area (Å²) in [7, 11) is 4.54. The molecule has 9 heteroatoms. The summed E-state index contributed by atoms with van der Waals surface area (Å²) < 4.78 is 16.3. The molecule has 0 fully saturated rings. The predicted octanol–water partition coefficient (Wildman–Crippen LogP) is 4.48. The third-order valence-electron chi connectivity index (χ3n) is 5.66. The van der Waals surface area contributed by atoms with Crippen molar-refractivity contribution in [1.29, 1.82) is 0 Å². The molecule has 2 aromatic rings. The molecule has 0 aliphatic heterocycles. The summed E-state index contributed by atoms with van der Waals surface area (Å²) in [5.41, 5.74) is 3.91. The number of unbranched alkanes of at least 4 members (excludes halogenated alkanes) is 2. The number of carbonyl (C=O) groups is 2. The van der Waals surface area contributed by atoms with Crippen molar-refractivity contribution in [1.82, 2.24) is 10.8 Å². The SMILES string of the molecule is CCCCONC(=O)C(CCCC)NC(=O)/C(=C\c1cc(OC)c(OC)c(OC)c1)c1ccc(O)cc1. The zero-order chi connectivity index (χ0) is 27.2. The van der Waals surface area contributed by atoms with Crippen molar-refractivity contribution in [3.05, 3.63) is 47.5 Å². The molecule has 0 aromatic heterocycles. The summed E-state index contributed by atoms with van der Waals surface area (Å²) >= 11 is 0. The van der Waals surface area contributed by atoms with Crippen LogP contribution in [0.5, 0.6) is 23.0 Å². The number of phenols is 1. The Morgan fingerprint density at radius 1 is 0.946 bits per heavy atom. The van der Waals surface area contributed by atoms with E-state index >= 15 is 0 Å². The van der Waals surface area contributed by atoms with Crippen LogP contribution in [-0.4, -0.2) is 50.9 Å². The van der Waals surface area contributed by atoms with Gasteiger partial charge in [0.05, 0.1) is 27.9 Å². The number of methoxy groups -OCH3 is 3. The van der Waals surface area contributed by atoms with Crippen LogP contribution in [0.4, 0.5) is 0 Å². The molecule has 0 bridgehead atoms. The predicted molar refractivity (Wildman–Crippen MR) is 143 cm³/mol. The lowest BCUT2D eigenvalue weighted by atomic mass is 10.00. The average Bonchev–Trinajstić information content (AvgIpc) is 2.91. The number of ether oxygens (including phenoxy) is 3. The molecule has 202 valence electrons. The van der Waals surface area contributed by atoms with Gasteiger partial charge < -0.3 is 24.6 Å². The number of amides is 2. The highest BCUT2D eigenvalue weighted by Gasteiger charge is 2.23. The van der Waals surface area contributed by atoms with Gasteiger partial charge in [-0.1, -0.05) is 45.2 Å². The van der Waals surface area contributed by atoms with Gasteiger partial charge in [0.25, 0.3) is 11.8 Å². The van der Waals surface area contributed by atoms with E-state index < -0.39 is 17.9 Å². The van der Waals surface area contributed by atoms with Crippen molar-refractivity contribution >= 4 is 23.5 Å². The second-order valence-electron chi connectivity index (χ2n) is 8.40. The van der Waals surface area contributed by atoms with Crippen LogP contribution < -0.4 is 25.0 Å². The first-order chi connectivity index (χ1) is 17.9. The van der Waals surface area contributed by atoms with Gasteiger partial charge >= 0.3 is 0 Å². The molecule has 2 amide bonds. The highest BCUT2D eigenvalue weighted by molar-refractivity contribution is 6.24. The van der Waals surface area contributed by atoms with Crippen LogP contribution in [0.25, 0.3) is 11.6 Å². The molecule has 0 radical (unpaired) electrons. The van der Waals surface area contributed by atoms with E-state index in [1.165, 1.54) is 33.5 Å². The van der Waals surface area contributed by atoms with Crippen molar-refractivity contribution in [3.63, 3.8) is 0 Å². The van der Waals surface area contributed by atoms with Gasteiger partial charge in [-0.2, -0.15) is 0 Å². The van der Waals surface area contributed by atoms with Crippen LogP contribution in [0, 0.1) is 0 Å². The van der Waals surface area contributed by atoms with Crippen LogP contribution in [0.2, 0.25) is 0 Å². The Hall–Kier alpha value is -3.72. The van der Waals surface area contributed by atoms with Crippen LogP contribution in [0.15, 0.2) is 36.4 Å². The average molecular weight is 515 g/mol. The molecule has 0 spiro atoms. The quantitative estimate of drug-likeness (QED) is 0.139. The van der Waals surface area contributed by atoms with Gasteiger partial charge in [0.1, 0.15) is 11.8 Å². The fourth-order valence-corrected chi connectivity index (χ4v) is 3.60. The van der Waals surface area contributed by atoms with Crippen molar-refractivity contribution in [2.45, 2.75) is 52.0 Å². The number of rotatable bonds is 15.